The van der Waals surface area contributed by atoms with Gasteiger partial charge in [0.05, 0.1) is 12.9 Å². The third-order valence-electron chi connectivity index (χ3n) is 3.41. The van der Waals surface area contributed by atoms with Crippen LogP contribution in [-0.2, 0) is 6.54 Å². The van der Waals surface area contributed by atoms with Gasteiger partial charge in [-0.25, -0.2) is 9.98 Å². The summed E-state index contributed by atoms with van der Waals surface area (Å²) in [7, 11) is 1.68. The fourth-order valence-electron chi connectivity index (χ4n) is 1.90. The van der Waals surface area contributed by atoms with Crippen molar-refractivity contribution >= 4 is 28.8 Å². The molecule has 0 amide bonds. The molecule has 9 nitrogen and oxygen atoms in total. The first-order chi connectivity index (χ1) is 12.7. The van der Waals surface area contributed by atoms with Gasteiger partial charge in [0.25, 0.3) is 0 Å². The van der Waals surface area contributed by atoms with Crippen molar-refractivity contribution in [3.63, 3.8) is 0 Å². The Morgan fingerprint density at radius 3 is 3.12 bits per heavy atom. The van der Waals surface area contributed by atoms with Gasteiger partial charge in [0, 0.05) is 25.0 Å². The lowest BCUT2D eigenvalue weighted by atomic mass is 10.2. The van der Waals surface area contributed by atoms with Crippen LogP contribution in [0.15, 0.2) is 31.9 Å². The lowest BCUT2D eigenvalue weighted by Crippen LogP contribution is -2.33. The summed E-state index contributed by atoms with van der Waals surface area (Å²) in [6, 6.07) is 3.81. The summed E-state index contributed by atoms with van der Waals surface area (Å²) in [5.41, 5.74) is 6.54. The van der Waals surface area contributed by atoms with E-state index < -0.39 is 0 Å². The zero-order valence-corrected chi connectivity index (χ0v) is 15.5. The molecular weight excluding hydrogens is 352 g/mol. The molecule has 2 rings (SSSR count). The van der Waals surface area contributed by atoms with Crippen molar-refractivity contribution in [2.24, 2.45) is 15.7 Å². The highest BCUT2D eigenvalue weighted by Gasteiger charge is 2.09. The van der Waals surface area contributed by atoms with E-state index in [0.717, 1.165) is 12.1 Å². The summed E-state index contributed by atoms with van der Waals surface area (Å²) >= 11 is 1.43. The fraction of sp³-hybridized carbons (Fsp3) is 0.375. The predicted octanol–water partition coefficient (Wildman–Crippen LogP) is 1.54. The lowest BCUT2D eigenvalue weighted by Gasteiger charge is -2.06. The number of hydrogen-bond acceptors (Lipinski definition) is 7. The Morgan fingerprint density at radius 2 is 2.38 bits per heavy atom. The number of aromatic nitrogens is 1. The van der Waals surface area contributed by atoms with Crippen molar-refractivity contribution < 1.29 is 4.42 Å². The van der Waals surface area contributed by atoms with Gasteiger partial charge in [0.2, 0.25) is 17.3 Å². The van der Waals surface area contributed by atoms with Gasteiger partial charge in [-0.3, -0.25) is 0 Å². The molecule has 1 atom stereocenters. The number of nitrogens with zero attached hydrogens (tertiary/aromatic N) is 4. The topological polar surface area (TPSA) is 137 Å². The number of nitriles is 1. The molecule has 138 valence electrons. The molecule has 5 N–H and O–H groups in total. The van der Waals surface area contributed by atoms with Gasteiger partial charge in [0.15, 0.2) is 5.76 Å². The first-order valence-corrected chi connectivity index (χ1v) is 8.98. The molecule has 0 radical (unpaired) electrons. The minimum atomic E-state index is 0.116. The first-order valence-electron chi connectivity index (χ1n) is 8.10. The largest absolute Gasteiger partial charge is 0.458 e. The van der Waals surface area contributed by atoms with Crippen molar-refractivity contribution in [1.29, 1.82) is 5.26 Å². The number of rotatable bonds is 8. The van der Waals surface area contributed by atoms with Crippen molar-refractivity contribution in [1.82, 2.24) is 20.9 Å². The second-order valence-corrected chi connectivity index (χ2v) is 6.12. The van der Waals surface area contributed by atoms with Gasteiger partial charge in [-0.1, -0.05) is 6.92 Å². The third kappa shape index (κ3) is 5.87. The molecule has 0 fully saturated rings. The molecule has 0 saturated carbocycles. The van der Waals surface area contributed by atoms with Crippen LogP contribution in [-0.4, -0.2) is 36.9 Å². The monoisotopic (exact) mass is 374 g/mol. The van der Waals surface area contributed by atoms with Crippen LogP contribution in [0.3, 0.4) is 0 Å². The zero-order valence-electron chi connectivity index (χ0n) is 14.7. The quantitative estimate of drug-likeness (QED) is 0.312. The zero-order chi connectivity index (χ0) is 18.8. The van der Waals surface area contributed by atoms with Gasteiger partial charge in [-0.05, 0) is 18.6 Å². The Morgan fingerprint density at radius 1 is 1.54 bits per heavy atom. The Bertz CT molecular complexity index is 788. The molecule has 26 heavy (non-hydrogen) atoms. The van der Waals surface area contributed by atoms with Crippen LogP contribution in [0.25, 0.3) is 11.5 Å². The highest BCUT2D eigenvalue weighted by atomic mass is 32.1. The average Bonchev–Trinajstić information content (AvgIpc) is 3.31. The van der Waals surface area contributed by atoms with Crippen molar-refractivity contribution in [3.8, 4) is 17.6 Å². The summed E-state index contributed by atoms with van der Waals surface area (Å²) in [5.74, 6) is 1.74. The van der Waals surface area contributed by atoms with Crippen molar-refractivity contribution in [2.45, 2.75) is 25.9 Å². The van der Waals surface area contributed by atoms with Gasteiger partial charge in [-0.2, -0.15) is 5.26 Å². The van der Waals surface area contributed by atoms with E-state index in [4.69, 9.17) is 15.4 Å². The highest BCUT2D eigenvalue weighted by Crippen LogP contribution is 2.27. The summed E-state index contributed by atoms with van der Waals surface area (Å²) < 4.78 is 5.76. The molecule has 1 unspecified atom stereocenters. The number of thiazole rings is 1. The number of furan rings is 1. The number of guanidine groups is 1. The Hall–Kier alpha value is -2.90. The number of aliphatic imine (C=N–C) groups is 2. The smallest absolute Gasteiger partial charge is 0.211 e. The van der Waals surface area contributed by atoms with Crippen LogP contribution in [0, 0.1) is 11.5 Å². The molecule has 0 bridgehead atoms. The second-order valence-electron chi connectivity index (χ2n) is 5.28. The molecule has 2 aromatic rings. The van der Waals surface area contributed by atoms with Gasteiger partial charge >= 0.3 is 0 Å². The summed E-state index contributed by atoms with van der Waals surface area (Å²) in [6.07, 6.45) is 4.24. The summed E-state index contributed by atoms with van der Waals surface area (Å²) in [5, 5.41) is 19.9. The highest BCUT2D eigenvalue weighted by molar-refractivity contribution is 7.13. The molecular formula is C16H22N8OS. The van der Waals surface area contributed by atoms with Gasteiger partial charge in [0.1, 0.15) is 11.5 Å². The number of nitrogens with one attached hydrogen (secondary N) is 3. The normalized spacial score (nSPS) is 12.8. The SMILES string of the molecule is CCC(N)CNC=Nc1nc(-c2ccc(CNC(=NC#N)NC)o2)cs1. The summed E-state index contributed by atoms with van der Waals surface area (Å²) in [6.45, 7) is 3.12. The van der Waals surface area contributed by atoms with E-state index >= 15 is 0 Å². The summed E-state index contributed by atoms with van der Waals surface area (Å²) in [4.78, 5) is 12.3. The van der Waals surface area contributed by atoms with E-state index in [2.05, 4.69) is 30.9 Å². The number of hydrogen-bond donors (Lipinski definition) is 4. The van der Waals surface area contributed by atoms with E-state index in [0.29, 0.717) is 35.7 Å². The molecule has 2 aromatic heterocycles. The molecule has 0 aromatic carbocycles. The first kappa shape index (κ1) is 19.4. The van der Waals surface area contributed by atoms with Crippen LogP contribution >= 0.6 is 11.3 Å². The third-order valence-corrected chi connectivity index (χ3v) is 4.15. The molecule has 2 heterocycles. The predicted molar refractivity (Wildman–Crippen MR) is 103 cm³/mol. The van der Waals surface area contributed by atoms with E-state index in [1.54, 1.807) is 19.6 Å². The minimum Gasteiger partial charge on any atom is -0.458 e. The van der Waals surface area contributed by atoms with Crippen molar-refractivity contribution in [3.05, 3.63) is 23.3 Å². The van der Waals surface area contributed by atoms with Crippen LogP contribution in [0.5, 0.6) is 0 Å². The minimum absolute atomic E-state index is 0.116. The van der Waals surface area contributed by atoms with Crippen LogP contribution in [0.4, 0.5) is 5.13 Å². The lowest BCUT2D eigenvalue weighted by molar-refractivity contribution is 0.513. The second kappa shape index (κ2) is 10.2. The molecule has 0 aliphatic carbocycles. The molecule has 0 aliphatic heterocycles. The maximum absolute atomic E-state index is 8.57. The van der Waals surface area contributed by atoms with Crippen LogP contribution in [0.1, 0.15) is 19.1 Å². The Kier molecular flexibility index (Phi) is 7.60. The van der Waals surface area contributed by atoms with E-state index in [9.17, 15) is 0 Å². The molecule has 0 saturated heterocycles. The van der Waals surface area contributed by atoms with Crippen LogP contribution in [0.2, 0.25) is 0 Å². The maximum atomic E-state index is 8.57. The molecule has 10 heteroatoms. The maximum Gasteiger partial charge on any atom is 0.211 e. The molecule has 0 spiro atoms. The standard InChI is InChI=1S/C16H22N8OS/c1-3-11(18)6-20-10-23-16-24-13(8-26-16)14-5-4-12(25-14)7-21-15(19-2)22-9-17/h4-5,8,10-11H,3,6-7,18H2,1-2H3,(H2,19,21,22)(H,20,23,24). The van der Waals surface area contributed by atoms with Crippen molar-refractivity contribution in [2.75, 3.05) is 13.6 Å². The number of nitrogens with two attached hydrogens (primary N) is 1. The average molecular weight is 374 g/mol. The molecule has 0 aliphatic rings. The van der Waals surface area contributed by atoms with E-state index in [1.807, 2.05) is 24.4 Å². The van der Waals surface area contributed by atoms with Crippen LogP contribution < -0.4 is 21.7 Å². The Balaban J connectivity index is 1.91. The Labute approximate surface area is 156 Å². The van der Waals surface area contributed by atoms with E-state index in [-0.39, 0.29) is 6.04 Å². The van der Waals surface area contributed by atoms with E-state index in [1.165, 1.54) is 11.3 Å². The fourth-order valence-corrected chi connectivity index (χ4v) is 2.55. The van der Waals surface area contributed by atoms with Gasteiger partial charge in [-0.15, -0.1) is 16.3 Å². The van der Waals surface area contributed by atoms with Gasteiger partial charge < -0.3 is 26.1 Å².